The Morgan fingerprint density at radius 1 is 1.18 bits per heavy atom. The minimum absolute atomic E-state index is 0.304. The van der Waals surface area contributed by atoms with Crippen LogP contribution in [0.4, 0.5) is 0 Å². The predicted octanol–water partition coefficient (Wildman–Crippen LogP) is 2.45. The standard InChI is InChI=1S/C20H24N6O2/c1-25-12-15(11-21-25)26-19(23-18(24-26)13-6-8-28-9-7-13)16-10-14-4-3-5-17(14)22-20(16)27-2/h10-13H,3-9H2,1-2H3. The minimum Gasteiger partial charge on any atom is -0.480 e. The Morgan fingerprint density at radius 2 is 2.04 bits per heavy atom. The number of nitrogens with zero attached hydrogens (tertiary/aromatic N) is 6. The van der Waals surface area contributed by atoms with Gasteiger partial charge in [-0.15, -0.1) is 0 Å². The number of hydrogen-bond donors (Lipinski definition) is 0. The molecule has 0 saturated carbocycles. The van der Waals surface area contributed by atoms with Gasteiger partial charge in [-0.05, 0) is 43.7 Å². The molecule has 0 amide bonds. The SMILES string of the molecule is COc1nc2c(cc1-c1nc(C3CCOCC3)nn1-c1cnn(C)c1)CCC2. The molecule has 0 N–H and O–H groups in total. The van der Waals surface area contributed by atoms with Crippen LogP contribution in [0.5, 0.6) is 5.88 Å². The van der Waals surface area contributed by atoms with Crippen molar-refractivity contribution in [3.63, 3.8) is 0 Å². The number of fused-ring (bicyclic) bond motifs is 1. The molecule has 1 saturated heterocycles. The van der Waals surface area contributed by atoms with Gasteiger partial charge in [-0.3, -0.25) is 4.68 Å². The molecular formula is C20H24N6O2. The van der Waals surface area contributed by atoms with E-state index in [0.29, 0.717) is 11.8 Å². The van der Waals surface area contributed by atoms with Crippen LogP contribution >= 0.6 is 0 Å². The molecule has 1 aliphatic heterocycles. The number of ether oxygens (including phenoxy) is 2. The van der Waals surface area contributed by atoms with E-state index >= 15 is 0 Å². The molecule has 1 fully saturated rings. The van der Waals surface area contributed by atoms with Crippen molar-refractivity contribution in [3.8, 4) is 23.0 Å². The van der Waals surface area contributed by atoms with Crippen molar-refractivity contribution in [2.45, 2.75) is 38.0 Å². The molecular weight excluding hydrogens is 356 g/mol. The van der Waals surface area contributed by atoms with Crippen LogP contribution in [0.15, 0.2) is 18.5 Å². The number of aryl methyl sites for hydroxylation is 3. The molecule has 1 aliphatic carbocycles. The summed E-state index contributed by atoms with van der Waals surface area (Å²) in [6.07, 6.45) is 8.82. The first-order valence-electron chi connectivity index (χ1n) is 9.84. The molecule has 3 aromatic rings. The first-order chi connectivity index (χ1) is 13.7. The summed E-state index contributed by atoms with van der Waals surface area (Å²) < 4.78 is 14.8. The topological polar surface area (TPSA) is 79.9 Å². The quantitative estimate of drug-likeness (QED) is 0.692. The molecule has 8 heteroatoms. The smallest absolute Gasteiger partial charge is 0.224 e. The van der Waals surface area contributed by atoms with Crippen molar-refractivity contribution >= 4 is 0 Å². The van der Waals surface area contributed by atoms with Crippen molar-refractivity contribution in [3.05, 3.63) is 35.5 Å². The second kappa shape index (κ2) is 7.01. The van der Waals surface area contributed by atoms with E-state index in [0.717, 1.165) is 73.9 Å². The van der Waals surface area contributed by atoms with Crippen molar-refractivity contribution < 1.29 is 9.47 Å². The Labute approximate surface area is 163 Å². The average molecular weight is 380 g/mol. The zero-order chi connectivity index (χ0) is 19.1. The van der Waals surface area contributed by atoms with Gasteiger partial charge in [-0.1, -0.05) is 0 Å². The van der Waals surface area contributed by atoms with E-state index in [2.05, 4.69) is 11.2 Å². The van der Waals surface area contributed by atoms with Crippen LogP contribution in [0.25, 0.3) is 17.1 Å². The van der Waals surface area contributed by atoms with Crippen molar-refractivity contribution in [1.29, 1.82) is 0 Å². The molecule has 0 radical (unpaired) electrons. The molecule has 2 aliphatic rings. The summed E-state index contributed by atoms with van der Waals surface area (Å²) in [7, 11) is 3.56. The Bertz CT molecular complexity index is 1000. The first-order valence-corrected chi connectivity index (χ1v) is 9.84. The third kappa shape index (κ3) is 2.97. The first kappa shape index (κ1) is 17.4. The molecule has 0 aromatic carbocycles. The van der Waals surface area contributed by atoms with E-state index in [9.17, 15) is 0 Å². The van der Waals surface area contributed by atoms with E-state index in [1.165, 1.54) is 5.56 Å². The zero-order valence-corrected chi connectivity index (χ0v) is 16.3. The van der Waals surface area contributed by atoms with Gasteiger partial charge in [0.1, 0.15) is 5.69 Å². The van der Waals surface area contributed by atoms with Gasteiger partial charge in [0, 0.05) is 31.9 Å². The molecule has 0 unspecified atom stereocenters. The highest BCUT2D eigenvalue weighted by Gasteiger charge is 2.26. The van der Waals surface area contributed by atoms with E-state index in [4.69, 9.17) is 24.5 Å². The summed E-state index contributed by atoms with van der Waals surface area (Å²) in [6, 6.07) is 2.18. The molecule has 0 bridgehead atoms. The van der Waals surface area contributed by atoms with Gasteiger partial charge in [-0.2, -0.15) is 10.2 Å². The summed E-state index contributed by atoms with van der Waals surface area (Å²) in [6.45, 7) is 1.51. The minimum atomic E-state index is 0.304. The Balaban J connectivity index is 1.66. The fraction of sp³-hybridized carbons (Fsp3) is 0.500. The van der Waals surface area contributed by atoms with Crippen LogP contribution in [-0.4, -0.2) is 49.9 Å². The van der Waals surface area contributed by atoms with Gasteiger partial charge in [0.15, 0.2) is 11.6 Å². The second-order valence-corrected chi connectivity index (χ2v) is 7.47. The second-order valence-electron chi connectivity index (χ2n) is 7.47. The number of rotatable bonds is 4. The summed E-state index contributed by atoms with van der Waals surface area (Å²) in [4.78, 5) is 9.73. The lowest BCUT2D eigenvalue weighted by molar-refractivity contribution is 0.0836. The summed E-state index contributed by atoms with van der Waals surface area (Å²) in [5.74, 6) is 2.52. The maximum Gasteiger partial charge on any atom is 0.224 e. The van der Waals surface area contributed by atoms with Gasteiger partial charge in [0.05, 0.1) is 25.1 Å². The third-order valence-corrected chi connectivity index (χ3v) is 5.60. The zero-order valence-electron chi connectivity index (χ0n) is 16.3. The van der Waals surface area contributed by atoms with Crippen LogP contribution in [0.3, 0.4) is 0 Å². The summed E-state index contributed by atoms with van der Waals surface area (Å²) in [5.41, 5.74) is 4.19. The number of aromatic nitrogens is 6. The van der Waals surface area contributed by atoms with E-state index in [1.807, 2.05) is 17.9 Å². The van der Waals surface area contributed by atoms with Gasteiger partial charge in [0.25, 0.3) is 0 Å². The lowest BCUT2D eigenvalue weighted by atomic mass is 10.00. The normalized spacial score (nSPS) is 17.1. The van der Waals surface area contributed by atoms with Gasteiger partial charge in [0.2, 0.25) is 5.88 Å². The number of hydrogen-bond acceptors (Lipinski definition) is 6. The number of methoxy groups -OCH3 is 1. The summed E-state index contributed by atoms with van der Waals surface area (Å²) in [5, 5.41) is 9.19. The van der Waals surface area contributed by atoms with Crippen LogP contribution < -0.4 is 4.74 Å². The van der Waals surface area contributed by atoms with E-state index in [-0.39, 0.29) is 0 Å². The largest absolute Gasteiger partial charge is 0.480 e. The van der Waals surface area contributed by atoms with Crippen LogP contribution in [0.2, 0.25) is 0 Å². The molecule has 0 spiro atoms. The van der Waals surface area contributed by atoms with Crippen molar-refractivity contribution in [1.82, 2.24) is 29.5 Å². The molecule has 28 heavy (non-hydrogen) atoms. The third-order valence-electron chi connectivity index (χ3n) is 5.60. The Kier molecular flexibility index (Phi) is 4.35. The van der Waals surface area contributed by atoms with Crippen LogP contribution in [0, 0.1) is 0 Å². The summed E-state index contributed by atoms with van der Waals surface area (Å²) >= 11 is 0. The highest BCUT2D eigenvalue weighted by atomic mass is 16.5. The monoisotopic (exact) mass is 380 g/mol. The molecule has 146 valence electrons. The molecule has 8 nitrogen and oxygen atoms in total. The van der Waals surface area contributed by atoms with Gasteiger partial charge >= 0.3 is 0 Å². The fourth-order valence-corrected chi connectivity index (χ4v) is 4.10. The number of pyridine rings is 1. The molecule has 3 aromatic heterocycles. The maximum absolute atomic E-state index is 5.64. The molecule has 0 atom stereocenters. The van der Waals surface area contributed by atoms with Crippen molar-refractivity contribution in [2.75, 3.05) is 20.3 Å². The molecule has 4 heterocycles. The van der Waals surface area contributed by atoms with Gasteiger partial charge in [-0.25, -0.2) is 14.6 Å². The molecule has 5 rings (SSSR count). The van der Waals surface area contributed by atoms with Crippen molar-refractivity contribution in [2.24, 2.45) is 7.05 Å². The van der Waals surface area contributed by atoms with Crippen LogP contribution in [0.1, 0.15) is 42.3 Å². The van der Waals surface area contributed by atoms with E-state index < -0.39 is 0 Å². The highest BCUT2D eigenvalue weighted by Crippen LogP contribution is 2.35. The predicted molar refractivity (Wildman–Crippen MR) is 103 cm³/mol. The Hall–Kier alpha value is -2.74. The van der Waals surface area contributed by atoms with E-state index in [1.54, 1.807) is 18.0 Å². The maximum atomic E-state index is 5.64. The fourth-order valence-electron chi connectivity index (χ4n) is 4.10. The average Bonchev–Trinajstić information content (AvgIpc) is 3.46. The van der Waals surface area contributed by atoms with Gasteiger partial charge < -0.3 is 9.47 Å². The lowest BCUT2D eigenvalue weighted by Gasteiger charge is -2.18. The lowest BCUT2D eigenvalue weighted by Crippen LogP contribution is -2.15. The van der Waals surface area contributed by atoms with Crippen LogP contribution in [-0.2, 0) is 24.6 Å². The highest BCUT2D eigenvalue weighted by molar-refractivity contribution is 5.65. The Morgan fingerprint density at radius 3 is 2.79 bits per heavy atom.